The van der Waals surface area contributed by atoms with Crippen molar-refractivity contribution in [2.75, 3.05) is 24.2 Å². The molecule has 0 radical (unpaired) electrons. The second kappa shape index (κ2) is 10.8. The van der Waals surface area contributed by atoms with E-state index < -0.39 is 10.0 Å². The van der Waals surface area contributed by atoms with E-state index >= 15 is 0 Å². The van der Waals surface area contributed by atoms with Gasteiger partial charge in [0.2, 0.25) is 15.9 Å². The number of nitrogens with zero attached hydrogens (tertiary/aromatic N) is 5. The van der Waals surface area contributed by atoms with Crippen LogP contribution in [-0.4, -0.2) is 57.2 Å². The minimum atomic E-state index is -3.58. The highest BCUT2D eigenvalue weighted by Crippen LogP contribution is 2.31. The molecule has 1 amide bonds. The van der Waals surface area contributed by atoms with Crippen molar-refractivity contribution in [3.63, 3.8) is 0 Å². The largest absolute Gasteiger partial charge is 0.301 e. The molecule has 13 heteroatoms. The number of benzene rings is 2. The van der Waals surface area contributed by atoms with Crippen LogP contribution >= 0.6 is 39.0 Å². The van der Waals surface area contributed by atoms with Gasteiger partial charge in [0.05, 0.1) is 20.6 Å². The van der Waals surface area contributed by atoms with Crippen molar-refractivity contribution < 1.29 is 13.2 Å². The van der Waals surface area contributed by atoms with Crippen molar-refractivity contribution in [3.8, 4) is 17.1 Å². The molecule has 1 aliphatic rings. The molecule has 4 aromatic rings. The molecule has 5 rings (SSSR count). The van der Waals surface area contributed by atoms with Gasteiger partial charge >= 0.3 is 0 Å². The molecule has 0 saturated carbocycles. The van der Waals surface area contributed by atoms with E-state index in [-0.39, 0.29) is 16.6 Å². The molecule has 1 aliphatic heterocycles. The van der Waals surface area contributed by atoms with Crippen molar-refractivity contribution in [2.45, 2.75) is 22.9 Å². The Bertz CT molecular complexity index is 1480. The van der Waals surface area contributed by atoms with E-state index in [1.807, 2.05) is 41.0 Å². The predicted molar refractivity (Wildman–Crippen MR) is 144 cm³/mol. The van der Waals surface area contributed by atoms with E-state index in [0.29, 0.717) is 34.8 Å². The molecule has 9 nitrogen and oxygen atoms in total. The molecule has 2 aromatic carbocycles. The number of thioether (sulfide) groups is 1. The molecule has 3 heterocycles. The number of carbonyl (C=O) groups is 1. The number of rotatable bonds is 8. The first kappa shape index (κ1) is 25.1. The number of para-hydroxylation sites is 1. The van der Waals surface area contributed by atoms with Gasteiger partial charge in [-0.3, -0.25) is 9.36 Å². The first-order valence-electron chi connectivity index (χ1n) is 11.1. The zero-order valence-electron chi connectivity index (χ0n) is 18.9. The second-order valence-corrected chi connectivity index (χ2v) is 13.2. The fourth-order valence-electron chi connectivity index (χ4n) is 3.83. The molecule has 0 spiro atoms. The number of nitrogens with one attached hydrogen (secondary N) is 1. The summed E-state index contributed by atoms with van der Waals surface area (Å²) in [5.74, 6) is 0.377. The summed E-state index contributed by atoms with van der Waals surface area (Å²) >= 11 is 5.90. The van der Waals surface area contributed by atoms with Gasteiger partial charge in [-0.25, -0.2) is 13.4 Å². The lowest BCUT2D eigenvalue weighted by atomic mass is 10.2. The van der Waals surface area contributed by atoms with Crippen LogP contribution < -0.4 is 5.32 Å². The third-order valence-electron chi connectivity index (χ3n) is 5.50. The van der Waals surface area contributed by atoms with Crippen molar-refractivity contribution in [2.24, 2.45) is 0 Å². The topological polar surface area (TPSA) is 110 Å². The predicted octanol–water partition coefficient (Wildman–Crippen LogP) is 4.67. The second-order valence-electron chi connectivity index (χ2n) is 7.92. The van der Waals surface area contributed by atoms with E-state index in [4.69, 9.17) is 0 Å². The van der Waals surface area contributed by atoms with Gasteiger partial charge in [-0.1, -0.05) is 53.4 Å². The smallest absolute Gasteiger partial charge is 0.243 e. The Morgan fingerprint density at radius 1 is 1.08 bits per heavy atom. The summed E-state index contributed by atoms with van der Waals surface area (Å²) in [5, 5.41) is 12.5. The van der Waals surface area contributed by atoms with Crippen LogP contribution in [0.25, 0.3) is 17.1 Å². The minimum Gasteiger partial charge on any atom is -0.301 e. The summed E-state index contributed by atoms with van der Waals surface area (Å²) in [4.78, 5) is 16.8. The minimum absolute atomic E-state index is 0.103. The lowest BCUT2D eigenvalue weighted by molar-refractivity contribution is -0.113. The van der Waals surface area contributed by atoms with Crippen LogP contribution in [0.4, 0.5) is 5.13 Å². The maximum Gasteiger partial charge on any atom is 0.243 e. The molecule has 0 unspecified atom stereocenters. The third kappa shape index (κ3) is 5.39. The lowest BCUT2D eigenvalue weighted by Gasteiger charge is -2.16. The monoisotopic (exact) mass is 604 g/mol. The van der Waals surface area contributed by atoms with Gasteiger partial charge in [-0.15, -0.1) is 10.2 Å². The number of carbonyl (C=O) groups excluding carboxylic acids is 1. The number of hydrogen-bond donors (Lipinski definition) is 1. The molecular weight excluding hydrogens is 584 g/mol. The third-order valence-corrected chi connectivity index (χ3v) is 9.71. The summed E-state index contributed by atoms with van der Waals surface area (Å²) in [6, 6.07) is 16.3. The molecule has 1 fully saturated rings. The van der Waals surface area contributed by atoms with Gasteiger partial charge in [-0.05, 0) is 53.0 Å². The van der Waals surface area contributed by atoms with E-state index in [1.54, 1.807) is 24.4 Å². The summed E-state index contributed by atoms with van der Waals surface area (Å²) in [6.45, 7) is 1.07. The summed E-state index contributed by atoms with van der Waals surface area (Å²) in [6.07, 6.45) is 3.37. The van der Waals surface area contributed by atoms with Crippen LogP contribution in [0, 0.1) is 0 Å². The highest BCUT2D eigenvalue weighted by Gasteiger charge is 2.28. The fraction of sp³-hybridized carbons (Fsp3) is 0.217. The van der Waals surface area contributed by atoms with Crippen molar-refractivity contribution in [1.82, 2.24) is 24.1 Å². The fourth-order valence-corrected chi connectivity index (χ4v) is 7.27. The molecule has 36 heavy (non-hydrogen) atoms. The van der Waals surface area contributed by atoms with Crippen LogP contribution in [0.3, 0.4) is 0 Å². The first-order chi connectivity index (χ1) is 17.4. The Morgan fingerprint density at radius 2 is 1.86 bits per heavy atom. The first-order valence-corrected chi connectivity index (χ1v) is 15.1. The van der Waals surface area contributed by atoms with Gasteiger partial charge < -0.3 is 5.32 Å². The van der Waals surface area contributed by atoms with Gasteiger partial charge in [0.25, 0.3) is 0 Å². The molecule has 1 N–H and O–H groups in total. The Balaban J connectivity index is 1.45. The number of amides is 1. The number of aromatic nitrogens is 4. The number of hydrogen-bond acceptors (Lipinski definition) is 8. The van der Waals surface area contributed by atoms with Gasteiger partial charge in [0.1, 0.15) is 0 Å². The summed E-state index contributed by atoms with van der Waals surface area (Å²) in [7, 11) is -3.58. The number of halogens is 1. The van der Waals surface area contributed by atoms with Crippen LogP contribution in [0.5, 0.6) is 0 Å². The average Bonchev–Trinajstić information content (AvgIpc) is 3.65. The van der Waals surface area contributed by atoms with Gasteiger partial charge in [-0.2, -0.15) is 4.31 Å². The highest BCUT2D eigenvalue weighted by atomic mass is 79.9. The Labute approximate surface area is 225 Å². The van der Waals surface area contributed by atoms with E-state index in [0.717, 1.165) is 22.3 Å². The van der Waals surface area contributed by atoms with E-state index in [9.17, 15) is 13.2 Å². The van der Waals surface area contributed by atoms with Gasteiger partial charge in [0.15, 0.2) is 16.1 Å². The zero-order valence-corrected chi connectivity index (χ0v) is 22.9. The van der Waals surface area contributed by atoms with Crippen molar-refractivity contribution >= 4 is 60.1 Å². The molecule has 0 bridgehead atoms. The van der Waals surface area contributed by atoms with Crippen LogP contribution in [0.15, 0.2) is 74.6 Å². The molecule has 0 aliphatic carbocycles. The number of anilines is 1. The average molecular weight is 606 g/mol. The number of sulfonamides is 1. The molecule has 2 aromatic heterocycles. The van der Waals surface area contributed by atoms with Crippen molar-refractivity contribution in [1.29, 1.82) is 0 Å². The van der Waals surface area contributed by atoms with Gasteiger partial charge in [0, 0.05) is 24.3 Å². The Kier molecular flexibility index (Phi) is 7.53. The quantitative estimate of drug-likeness (QED) is 0.291. The highest BCUT2D eigenvalue weighted by molar-refractivity contribution is 9.11. The maximum absolute atomic E-state index is 13.1. The van der Waals surface area contributed by atoms with E-state index in [1.165, 1.54) is 27.4 Å². The SMILES string of the molecule is O=C(CSc1nnc(-c2cccc(S(=O)(=O)N3CCCC3)c2)n1-c1ccccc1)Nc1ncc(Br)s1. The molecule has 186 valence electrons. The molecule has 1 saturated heterocycles. The Hall–Kier alpha value is -2.58. The maximum atomic E-state index is 13.1. The van der Waals surface area contributed by atoms with Crippen LogP contribution in [-0.2, 0) is 14.8 Å². The standard InChI is InChI=1S/C23H21BrN6O3S3/c24-19-14-25-22(35-19)26-20(31)15-34-23-28-27-21(30(23)17-8-2-1-3-9-17)16-7-6-10-18(13-16)36(32,33)29-11-4-5-12-29/h1-3,6-10,13-14H,4-5,11-12,15H2,(H,25,26,31). The van der Waals surface area contributed by atoms with Crippen LogP contribution in [0.2, 0.25) is 0 Å². The molecule has 0 atom stereocenters. The summed E-state index contributed by atoms with van der Waals surface area (Å²) in [5.41, 5.74) is 1.42. The van der Waals surface area contributed by atoms with Crippen molar-refractivity contribution in [3.05, 3.63) is 64.6 Å². The zero-order chi connectivity index (χ0) is 25.1. The van der Waals surface area contributed by atoms with E-state index in [2.05, 4.69) is 36.4 Å². The number of thiazole rings is 1. The normalized spacial score (nSPS) is 14.2. The Morgan fingerprint density at radius 3 is 2.58 bits per heavy atom. The lowest BCUT2D eigenvalue weighted by Crippen LogP contribution is -2.27. The molecular formula is C23H21BrN6O3S3. The summed E-state index contributed by atoms with van der Waals surface area (Å²) < 4.78 is 30.5. The van der Waals surface area contributed by atoms with Crippen LogP contribution in [0.1, 0.15) is 12.8 Å².